The van der Waals surface area contributed by atoms with Gasteiger partial charge in [0.05, 0.1) is 0 Å². The van der Waals surface area contributed by atoms with Crippen molar-refractivity contribution in [1.82, 2.24) is 4.90 Å². The molecular formula is C22H28N4O2. The predicted octanol–water partition coefficient (Wildman–Crippen LogP) is 3.10. The third kappa shape index (κ3) is 5.49. The van der Waals surface area contributed by atoms with Gasteiger partial charge in [-0.05, 0) is 48.9 Å². The van der Waals surface area contributed by atoms with Crippen LogP contribution in [0.2, 0.25) is 0 Å². The van der Waals surface area contributed by atoms with Gasteiger partial charge in [0.15, 0.2) is 0 Å². The Balaban J connectivity index is 1.40. The smallest absolute Gasteiger partial charge is 0.224 e. The molecule has 2 amide bonds. The van der Waals surface area contributed by atoms with Crippen molar-refractivity contribution in [2.45, 2.75) is 20.3 Å². The molecule has 0 atom stereocenters. The minimum atomic E-state index is -0.0891. The molecule has 6 heteroatoms. The SMILES string of the molecule is CC(=O)Nc1ccc(NCCC(=O)N2CCN(c3cccc(C)c3)CC2)cc1. The van der Waals surface area contributed by atoms with Crippen LogP contribution in [-0.4, -0.2) is 49.4 Å². The van der Waals surface area contributed by atoms with E-state index in [1.807, 2.05) is 29.2 Å². The zero-order valence-corrected chi connectivity index (χ0v) is 16.6. The summed E-state index contributed by atoms with van der Waals surface area (Å²) in [5, 5.41) is 6.00. The van der Waals surface area contributed by atoms with Gasteiger partial charge in [-0.1, -0.05) is 12.1 Å². The van der Waals surface area contributed by atoms with Gasteiger partial charge in [0.2, 0.25) is 11.8 Å². The highest BCUT2D eigenvalue weighted by Gasteiger charge is 2.20. The summed E-state index contributed by atoms with van der Waals surface area (Å²) >= 11 is 0. The van der Waals surface area contributed by atoms with Crippen molar-refractivity contribution in [3.63, 3.8) is 0 Å². The molecule has 148 valence electrons. The standard InChI is InChI=1S/C22H28N4O2/c1-17-4-3-5-21(16-17)25-12-14-26(15-13-25)22(28)10-11-23-19-6-8-20(9-7-19)24-18(2)27/h3-9,16,23H,10-15H2,1-2H3,(H,24,27). The van der Waals surface area contributed by atoms with Crippen molar-refractivity contribution in [1.29, 1.82) is 0 Å². The van der Waals surface area contributed by atoms with Gasteiger partial charge in [0, 0.05) is 63.1 Å². The van der Waals surface area contributed by atoms with Crippen LogP contribution in [0.5, 0.6) is 0 Å². The number of nitrogens with zero attached hydrogens (tertiary/aromatic N) is 2. The highest BCUT2D eigenvalue weighted by Crippen LogP contribution is 2.18. The van der Waals surface area contributed by atoms with Crippen LogP contribution < -0.4 is 15.5 Å². The fourth-order valence-electron chi connectivity index (χ4n) is 3.39. The third-order valence-electron chi connectivity index (χ3n) is 4.87. The third-order valence-corrected chi connectivity index (χ3v) is 4.87. The lowest BCUT2D eigenvalue weighted by Crippen LogP contribution is -2.49. The van der Waals surface area contributed by atoms with Crippen molar-refractivity contribution < 1.29 is 9.59 Å². The number of piperazine rings is 1. The number of rotatable bonds is 6. The first-order chi connectivity index (χ1) is 13.5. The quantitative estimate of drug-likeness (QED) is 0.808. The second-order valence-corrected chi connectivity index (χ2v) is 7.14. The average Bonchev–Trinajstić information content (AvgIpc) is 2.69. The minimum Gasteiger partial charge on any atom is -0.385 e. The number of amides is 2. The number of hydrogen-bond acceptors (Lipinski definition) is 4. The lowest BCUT2D eigenvalue weighted by Gasteiger charge is -2.36. The van der Waals surface area contributed by atoms with E-state index >= 15 is 0 Å². The zero-order chi connectivity index (χ0) is 19.9. The molecule has 0 spiro atoms. The first kappa shape index (κ1) is 19.7. The number of carbonyl (C=O) groups is 2. The predicted molar refractivity (Wildman–Crippen MR) is 114 cm³/mol. The van der Waals surface area contributed by atoms with E-state index in [2.05, 4.69) is 46.7 Å². The Morgan fingerprint density at radius 1 is 0.964 bits per heavy atom. The van der Waals surface area contributed by atoms with Gasteiger partial charge in [-0.3, -0.25) is 9.59 Å². The molecule has 0 bridgehead atoms. The van der Waals surface area contributed by atoms with Crippen LogP contribution in [0.3, 0.4) is 0 Å². The molecule has 2 aromatic carbocycles. The summed E-state index contributed by atoms with van der Waals surface area (Å²) in [6, 6.07) is 16.0. The maximum atomic E-state index is 12.5. The van der Waals surface area contributed by atoms with Crippen LogP contribution in [0.4, 0.5) is 17.1 Å². The molecule has 2 N–H and O–H groups in total. The molecule has 0 radical (unpaired) electrons. The average molecular weight is 380 g/mol. The molecule has 6 nitrogen and oxygen atoms in total. The Kier molecular flexibility index (Phi) is 6.53. The van der Waals surface area contributed by atoms with Gasteiger partial charge in [0.25, 0.3) is 0 Å². The van der Waals surface area contributed by atoms with Crippen LogP contribution in [0.25, 0.3) is 0 Å². The highest BCUT2D eigenvalue weighted by atomic mass is 16.2. The second kappa shape index (κ2) is 9.26. The van der Waals surface area contributed by atoms with Crippen LogP contribution in [0.1, 0.15) is 18.9 Å². The lowest BCUT2D eigenvalue weighted by molar-refractivity contribution is -0.131. The fraction of sp³-hybridized carbons (Fsp3) is 0.364. The molecule has 1 fully saturated rings. The summed E-state index contributed by atoms with van der Waals surface area (Å²) in [5.41, 5.74) is 4.19. The second-order valence-electron chi connectivity index (χ2n) is 7.14. The zero-order valence-electron chi connectivity index (χ0n) is 16.6. The van der Waals surface area contributed by atoms with Crippen molar-refractivity contribution in [3.05, 3.63) is 54.1 Å². The molecule has 3 rings (SSSR count). The van der Waals surface area contributed by atoms with Gasteiger partial charge in [-0.25, -0.2) is 0 Å². The van der Waals surface area contributed by atoms with E-state index in [-0.39, 0.29) is 11.8 Å². The van der Waals surface area contributed by atoms with E-state index in [1.165, 1.54) is 18.2 Å². The van der Waals surface area contributed by atoms with Crippen LogP contribution in [0.15, 0.2) is 48.5 Å². The largest absolute Gasteiger partial charge is 0.385 e. The number of anilines is 3. The normalized spacial score (nSPS) is 13.9. The number of benzene rings is 2. The molecule has 1 heterocycles. The number of carbonyl (C=O) groups excluding carboxylic acids is 2. The molecule has 2 aromatic rings. The summed E-state index contributed by atoms with van der Waals surface area (Å²) in [6.45, 7) is 7.44. The molecule has 0 aromatic heterocycles. The van der Waals surface area contributed by atoms with Crippen LogP contribution in [0, 0.1) is 6.92 Å². The molecule has 1 saturated heterocycles. The maximum Gasteiger partial charge on any atom is 0.224 e. The molecule has 1 aliphatic heterocycles. The summed E-state index contributed by atoms with van der Waals surface area (Å²) < 4.78 is 0. The van der Waals surface area contributed by atoms with Gasteiger partial charge >= 0.3 is 0 Å². The Morgan fingerprint density at radius 2 is 1.64 bits per heavy atom. The number of nitrogens with one attached hydrogen (secondary N) is 2. The Bertz CT molecular complexity index is 812. The maximum absolute atomic E-state index is 12.5. The van der Waals surface area contributed by atoms with Crippen molar-refractivity contribution in [2.75, 3.05) is 48.3 Å². The fourth-order valence-corrected chi connectivity index (χ4v) is 3.39. The first-order valence-corrected chi connectivity index (χ1v) is 9.72. The van der Waals surface area contributed by atoms with Crippen molar-refractivity contribution in [2.24, 2.45) is 0 Å². The van der Waals surface area contributed by atoms with Crippen LogP contribution in [-0.2, 0) is 9.59 Å². The lowest BCUT2D eigenvalue weighted by atomic mass is 10.2. The number of aryl methyl sites for hydroxylation is 1. The highest BCUT2D eigenvalue weighted by molar-refractivity contribution is 5.88. The Labute approximate surface area is 166 Å². The summed E-state index contributed by atoms with van der Waals surface area (Å²) in [6.07, 6.45) is 0.470. The van der Waals surface area contributed by atoms with E-state index in [9.17, 15) is 9.59 Å². The summed E-state index contributed by atoms with van der Waals surface area (Å²) in [5.74, 6) is 0.0973. The summed E-state index contributed by atoms with van der Waals surface area (Å²) in [7, 11) is 0. The molecule has 28 heavy (non-hydrogen) atoms. The van der Waals surface area contributed by atoms with Gasteiger partial charge in [-0.15, -0.1) is 0 Å². The van der Waals surface area contributed by atoms with E-state index in [0.29, 0.717) is 13.0 Å². The molecule has 0 aliphatic carbocycles. The minimum absolute atomic E-state index is 0.0891. The topological polar surface area (TPSA) is 64.7 Å². The van der Waals surface area contributed by atoms with Crippen molar-refractivity contribution >= 4 is 28.9 Å². The van der Waals surface area contributed by atoms with Crippen LogP contribution >= 0.6 is 0 Å². The van der Waals surface area contributed by atoms with E-state index < -0.39 is 0 Å². The molecule has 0 saturated carbocycles. The monoisotopic (exact) mass is 380 g/mol. The van der Waals surface area contributed by atoms with Gasteiger partial charge in [-0.2, -0.15) is 0 Å². The molecular weight excluding hydrogens is 352 g/mol. The van der Waals surface area contributed by atoms with Gasteiger partial charge in [0.1, 0.15) is 0 Å². The van der Waals surface area contributed by atoms with E-state index in [1.54, 1.807) is 0 Å². The van der Waals surface area contributed by atoms with Gasteiger partial charge < -0.3 is 20.4 Å². The number of hydrogen-bond donors (Lipinski definition) is 2. The van der Waals surface area contributed by atoms with E-state index in [0.717, 1.165) is 37.6 Å². The molecule has 0 unspecified atom stereocenters. The van der Waals surface area contributed by atoms with Crippen molar-refractivity contribution in [3.8, 4) is 0 Å². The Hall–Kier alpha value is -3.02. The summed E-state index contributed by atoms with van der Waals surface area (Å²) in [4.78, 5) is 27.8. The van der Waals surface area contributed by atoms with E-state index in [4.69, 9.17) is 0 Å². The molecule has 1 aliphatic rings. The Morgan fingerprint density at radius 3 is 2.29 bits per heavy atom. The first-order valence-electron chi connectivity index (χ1n) is 9.72.